The maximum Gasteiger partial charge on any atom is 0.189 e. The summed E-state index contributed by atoms with van der Waals surface area (Å²) in [6.45, 7) is 6.37. The van der Waals surface area contributed by atoms with Gasteiger partial charge < -0.3 is 9.84 Å². The van der Waals surface area contributed by atoms with Crippen molar-refractivity contribution in [2.24, 2.45) is 0 Å². The van der Waals surface area contributed by atoms with Crippen molar-refractivity contribution in [3.05, 3.63) is 71.3 Å². The van der Waals surface area contributed by atoms with Gasteiger partial charge in [-0.2, -0.15) is 0 Å². The van der Waals surface area contributed by atoms with E-state index in [4.69, 9.17) is 4.74 Å². The van der Waals surface area contributed by atoms with E-state index in [1.807, 2.05) is 12.1 Å². The number of aliphatic hydroxyl groups is 1. The normalized spacial score (nSPS) is 12.1. The highest BCUT2D eigenvalue weighted by atomic mass is 16.5. The molecule has 120 valence electrons. The Morgan fingerprint density at radius 3 is 1.96 bits per heavy atom. The van der Waals surface area contributed by atoms with Crippen molar-refractivity contribution in [3.8, 4) is 5.75 Å². The lowest BCUT2D eigenvalue weighted by Crippen LogP contribution is -2.11. The summed E-state index contributed by atoms with van der Waals surface area (Å²) < 4.78 is 5.07. The first-order chi connectivity index (χ1) is 10.8. The van der Waals surface area contributed by atoms with E-state index >= 15 is 0 Å². The number of carbonyl (C=O) groups is 1. The lowest BCUT2D eigenvalue weighted by Gasteiger charge is -2.18. The number of benzene rings is 2. The van der Waals surface area contributed by atoms with Crippen molar-refractivity contribution < 1.29 is 14.6 Å². The van der Waals surface area contributed by atoms with E-state index in [9.17, 15) is 9.90 Å². The Labute approximate surface area is 137 Å². The van der Waals surface area contributed by atoms with Gasteiger partial charge in [-0.25, -0.2) is 0 Å². The van der Waals surface area contributed by atoms with E-state index in [0.717, 1.165) is 5.56 Å². The Kier molecular flexibility index (Phi) is 4.89. The fraction of sp³-hybridized carbons (Fsp3) is 0.250. The van der Waals surface area contributed by atoms with Crippen LogP contribution in [-0.2, 0) is 5.41 Å². The molecule has 2 rings (SSSR count). The Morgan fingerprint density at radius 1 is 0.957 bits per heavy atom. The van der Waals surface area contributed by atoms with Gasteiger partial charge in [-0.15, -0.1) is 0 Å². The van der Waals surface area contributed by atoms with E-state index in [-0.39, 0.29) is 17.0 Å². The second-order valence-corrected chi connectivity index (χ2v) is 6.45. The van der Waals surface area contributed by atoms with Crippen molar-refractivity contribution in [1.29, 1.82) is 0 Å². The van der Waals surface area contributed by atoms with Gasteiger partial charge in [0.05, 0.1) is 7.11 Å². The molecular formula is C20H22O3. The highest BCUT2D eigenvalue weighted by Crippen LogP contribution is 2.23. The minimum atomic E-state index is -0.223. The number of ether oxygens (including phenoxy) is 1. The highest BCUT2D eigenvalue weighted by Gasteiger charge is 2.14. The molecule has 3 nitrogen and oxygen atoms in total. The summed E-state index contributed by atoms with van der Waals surface area (Å²) in [6, 6.07) is 14.4. The fourth-order valence-electron chi connectivity index (χ4n) is 2.19. The molecule has 0 aromatic heterocycles. The van der Waals surface area contributed by atoms with Crippen LogP contribution in [0.2, 0.25) is 0 Å². The number of allylic oxidation sites excluding steroid dienone is 1. The monoisotopic (exact) mass is 310 g/mol. The van der Waals surface area contributed by atoms with Gasteiger partial charge in [0.1, 0.15) is 11.5 Å². The van der Waals surface area contributed by atoms with Crippen molar-refractivity contribution in [3.63, 3.8) is 0 Å². The van der Waals surface area contributed by atoms with Crippen LogP contribution in [-0.4, -0.2) is 18.0 Å². The van der Waals surface area contributed by atoms with E-state index in [1.165, 1.54) is 6.08 Å². The predicted molar refractivity (Wildman–Crippen MR) is 93.1 cm³/mol. The average molecular weight is 310 g/mol. The molecule has 0 aliphatic carbocycles. The van der Waals surface area contributed by atoms with Crippen molar-refractivity contribution in [2.75, 3.05) is 7.11 Å². The van der Waals surface area contributed by atoms with Crippen LogP contribution < -0.4 is 4.74 Å². The zero-order valence-corrected chi connectivity index (χ0v) is 14.0. The number of ketones is 1. The van der Waals surface area contributed by atoms with Crippen LogP contribution in [0.3, 0.4) is 0 Å². The van der Waals surface area contributed by atoms with Crippen molar-refractivity contribution in [1.82, 2.24) is 0 Å². The molecule has 0 amide bonds. The zero-order chi connectivity index (χ0) is 17.0. The second kappa shape index (κ2) is 6.69. The molecule has 0 spiro atoms. The smallest absolute Gasteiger partial charge is 0.189 e. The maximum atomic E-state index is 12.3. The standard InChI is InChI=1S/C20H22O3/c1-20(2,3)16-9-5-14(6-10-16)18(21)13-19(22)15-7-11-17(23-4)12-8-15/h5-13,22H,1-4H3. The van der Waals surface area contributed by atoms with Gasteiger partial charge in [-0.05, 0) is 35.2 Å². The molecule has 0 radical (unpaired) electrons. The number of methoxy groups -OCH3 is 1. The molecule has 0 aliphatic heterocycles. The molecule has 3 heteroatoms. The number of aliphatic hydroxyl groups excluding tert-OH is 1. The highest BCUT2D eigenvalue weighted by molar-refractivity contribution is 6.07. The first-order valence-corrected chi connectivity index (χ1v) is 7.51. The lowest BCUT2D eigenvalue weighted by molar-refractivity contribution is 0.104. The van der Waals surface area contributed by atoms with Gasteiger partial charge in [0, 0.05) is 17.2 Å². The summed E-state index contributed by atoms with van der Waals surface area (Å²) in [4.78, 5) is 12.3. The first kappa shape index (κ1) is 16.8. The largest absolute Gasteiger partial charge is 0.507 e. The van der Waals surface area contributed by atoms with Gasteiger partial charge in [-0.1, -0.05) is 45.0 Å². The van der Waals surface area contributed by atoms with Crippen molar-refractivity contribution in [2.45, 2.75) is 26.2 Å². The van der Waals surface area contributed by atoms with E-state index in [0.29, 0.717) is 16.9 Å². The molecule has 0 unspecified atom stereocenters. The Balaban J connectivity index is 2.19. The third-order valence-corrected chi connectivity index (χ3v) is 3.69. The third kappa shape index (κ3) is 4.22. The molecule has 0 fully saturated rings. The van der Waals surface area contributed by atoms with Crippen LogP contribution >= 0.6 is 0 Å². The van der Waals surface area contributed by atoms with Crippen LogP contribution in [0.4, 0.5) is 0 Å². The van der Waals surface area contributed by atoms with Crippen LogP contribution in [0.1, 0.15) is 42.3 Å². The van der Waals surface area contributed by atoms with Gasteiger partial charge in [0.2, 0.25) is 0 Å². The molecule has 0 heterocycles. The maximum absolute atomic E-state index is 12.3. The van der Waals surface area contributed by atoms with Gasteiger partial charge in [0.15, 0.2) is 5.78 Å². The van der Waals surface area contributed by atoms with Crippen LogP contribution in [0.5, 0.6) is 5.75 Å². The number of rotatable bonds is 4. The molecule has 2 aromatic carbocycles. The van der Waals surface area contributed by atoms with Gasteiger partial charge in [-0.3, -0.25) is 4.79 Å². The zero-order valence-electron chi connectivity index (χ0n) is 14.0. The predicted octanol–water partition coefficient (Wildman–Crippen LogP) is 4.77. The summed E-state index contributed by atoms with van der Waals surface area (Å²) in [5.41, 5.74) is 2.34. The summed E-state index contributed by atoms with van der Waals surface area (Å²) in [5.74, 6) is 0.418. The molecular weight excluding hydrogens is 288 g/mol. The molecule has 0 bridgehead atoms. The SMILES string of the molecule is COc1ccc(C(O)=CC(=O)c2ccc(C(C)(C)C)cc2)cc1. The number of hydrogen-bond donors (Lipinski definition) is 1. The van der Waals surface area contributed by atoms with Crippen molar-refractivity contribution >= 4 is 11.5 Å². The first-order valence-electron chi connectivity index (χ1n) is 7.51. The summed E-state index contributed by atoms with van der Waals surface area (Å²) >= 11 is 0. The molecule has 0 aliphatic rings. The molecule has 0 saturated carbocycles. The van der Waals surface area contributed by atoms with Gasteiger partial charge in [0.25, 0.3) is 0 Å². The second-order valence-electron chi connectivity index (χ2n) is 6.45. The summed E-state index contributed by atoms with van der Waals surface area (Å²) in [5, 5.41) is 10.1. The lowest BCUT2D eigenvalue weighted by atomic mass is 9.86. The average Bonchev–Trinajstić information content (AvgIpc) is 2.54. The molecule has 23 heavy (non-hydrogen) atoms. The summed E-state index contributed by atoms with van der Waals surface area (Å²) in [7, 11) is 1.58. The number of carbonyl (C=O) groups excluding carboxylic acids is 1. The van der Waals surface area contributed by atoms with Crippen LogP contribution in [0.15, 0.2) is 54.6 Å². The molecule has 0 saturated heterocycles. The summed E-state index contributed by atoms with van der Waals surface area (Å²) in [6.07, 6.45) is 1.24. The minimum absolute atomic E-state index is 0.0443. The van der Waals surface area contributed by atoms with Gasteiger partial charge >= 0.3 is 0 Å². The topological polar surface area (TPSA) is 46.5 Å². The Hall–Kier alpha value is -2.55. The number of hydrogen-bond acceptors (Lipinski definition) is 3. The molecule has 1 N–H and O–H groups in total. The fourth-order valence-corrected chi connectivity index (χ4v) is 2.19. The van der Waals surface area contributed by atoms with E-state index in [2.05, 4.69) is 20.8 Å². The molecule has 2 aromatic rings. The third-order valence-electron chi connectivity index (χ3n) is 3.69. The van der Waals surface area contributed by atoms with E-state index < -0.39 is 0 Å². The van der Waals surface area contributed by atoms with Crippen LogP contribution in [0.25, 0.3) is 5.76 Å². The Morgan fingerprint density at radius 2 is 1.48 bits per heavy atom. The quantitative estimate of drug-likeness (QED) is 0.502. The van der Waals surface area contributed by atoms with Crippen LogP contribution in [0, 0.1) is 0 Å². The molecule has 0 atom stereocenters. The Bertz CT molecular complexity index is 702. The van der Waals surface area contributed by atoms with E-state index in [1.54, 1.807) is 43.5 Å². The minimum Gasteiger partial charge on any atom is -0.507 e.